The molecule has 2 N–H and O–H groups in total. The smallest absolute Gasteiger partial charge is 0.350 e. The number of nitrogens with zero attached hydrogens (tertiary/aromatic N) is 3. The van der Waals surface area contributed by atoms with Crippen LogP contribution in [-0.4, -0.2) is 26.4 Å². The molecule has 1 aromatic carbocycles. The van der Waals surface area contributed by atoms with Gasteiger partial charge >= 0.3 is 5.69 Å². The van der Waals surface area contributed by atoms with Gasteiger partial charge < -0.3 is 10.5 Å². The molecule has 3 rings (SSSR count). The summed E-state index contributed by atoms with van der Waals surface area (Å²) in [6.07, 6.45) is 4.62. The maximum atomic E-state index is 12.6. The first-order valence-corrected chi connectivity index (χ1v) is 8.81. The third kappa shape index (κ3) is 3.45. The molecule has 0 spiro atoms. The zero-order valence-electron chi connectivity index (χ0n) is 14.7. The summed E-state index contributed by atoms with van der Waals surface area (Å²) in [6, 6.07) is 4.95. The van der Waals surface area contributed by atoms with Crippen LogP contribution in [0.3, 0.4) is 0 Å². The molecule has 1 aliphatic rings. The first-order valence-electron chi connectivity index (χ1n) is 8.81. The van der Waals surface area contributed by atoms with Crippen LogP contribution in [0, 0.1) is 0 Å². The molecule has 0 saturated carbocycles. The fraction of sp³-hybridized carbons (Fsp3) is 0.500. The van der Waals surface area contributed by atoms with Crippen molar-refractivity contribution in [2.24, 2.45) is 5.73 Å². The lowest BCUT2D eigenvalue weighted by Crippen LogP contribution is -2.26. The maximum absolute atomic E-state index is 12.6. The number of nitrogens with two attached hydrogens (primary N) is 1. The highest BCUT2D eigenvalue weighted by Crippen LogP contribution is 2.24. The summed E-state index contributed by atoms with van der Waals surface area (Å²) < 4.78 is 8.99. The van der Waals surface area contributed by atoms with Crippen LogP contribution in [0.2, 0.25) is 0 Å². The lowest BCUT2D eigenvalue weighted by Gasteiger charge is -2.16. The zero-order valence-corrected chi connectivity index (χ0v) is 14.7. The normalized spacial score (nSPS) is 14.8. The highest BCUT2D eigenvalue weighted by Gasteiger charge is 2.19. The SMILES string of the molecule is CCC[C@H](C)Oc1cc(-n2nc3n(c2=O)CCCC3)ccc1C(N)=O. The van der Waals surface area contributed by atoms with E-state index >= 15 is 0 Å². The third-order valence-corrected chi connectivity index (χ3v) is 4.47. The van der Waals surface area contributed by atoms with Crippen molar-refractivity contribution in [3.8, 4) is 11.4 Å². The molecular weight excluding hydrogens is 320 g/mol. The predicted molar refractivity (Wildman–Crippen MR) is 94.3 cm³/mol. The number of benzene rings is 1. The standard InChI is InChI=1S/C18H24N4O3/c1-3-6-12(2)25-15-11-13(8-9-14(15)17(19)23)22-18(24)21-10-5-4-7-16(21)20-22/h8-9,11-12H,3-7,10H2,1-2H3,(H2,19,23)/t12-/m0/s1. The van der Waals surface area contributed by atoms with Crippen LogP contribution in [-0.2, 0) is 13.0 Å². The summed E-state index contributed by atoms with van der Waals surface area (Å²) >= 11 is 0. The molecule has 1 aliphatic heterocycles. The molecule has 1 amide bonds. The molecule has 0 bridgehead atoms. The van der Waals surface area contributed by atoms with Gasteiger partial charge in [-0.2, -0.15) is 4.68 Å². The molecule has 0 saturated heterocycles. The first kappa shape index (κ1) is 17.3. The Balaban J connectivity index is 2.01. The summed E-state index contributed by atoms with van der Waals surface area (Å²) in [6.45, 7) is 4.72. The van der Waals surface area contributed by atoms with Crippen LogP contribution in [0.1, 0.15) is 55.7 Å². The van der Waals surface area contributed by atoms with Crippen LogP contribution in [0.15, 0.2) is 23.0 Å². The fourth-order valence-corrected chi connectivity index (χ4v) is 3.19. The van der Waals surface area contributed by atoms with E-state index < -0.39 is 5.91 Å². The number of carbonyl (C=O) groups excluding carboxylic acids is 1. The molecular formula is C18H24N4O3. The van der Waals surface area contributed by atoms with E-state index in [4.69, 9.17) is 10.5 Å². The van der Waals surface area contributed by atoms with Gasteiger partial charge in [0.25, 0.3) is 5.91 Å². The monoisotopic (exact) mass is 344 g/mol. The van der Waals surface area contributed by atoms with Gasteiger partial charge in [-0.05, 0) is 38.3 Å². The Hall–Kier alpha value is -2.57. The van der Waals surface area contributed by atoms with E-state index in [1.165, 1.54) is 4.68 Å². The largest absolute Gasteiger partial charge is 0.490 e. The quantitative estimate of drug-likeness (QED) is 0.868. The molecule has 0 radical (unpaired) electrons. The van der Waals surface area contributed by atoms with Gasteiger partial charge in [-0.3, -0.25) is 9.36 Å². The lowest BCUT2D eigenvalue weighted by atomic mass is 10.1. The molecule has 7 nitrogen and oxygen atoms in total. The first-order chi connectivity index (χ1) is 12.0. The second-order valence-electron chi connectivity index (χ2n) is 6.48. The third-order valence-electron chi connectivity index (χ3n) is 4.47. The van der Waals surface area contributed by atoms with E-state index in [0.717, 1.165) is 37.9 Å². The molecule has 2 aromatic rings. The number of hydrogen-bond donors (Lipinski definition) is 1. The number of hydrogen-bond acceptors (Lipinski definition) is 4. The Labute approximate surface area is 146 Å². The zero-order chi connectivity index (χ0) is 18.0. The number of aromatic nitrogens is 3. The Morgan fingerprint density at radius 3 is 2.88 bits per heavy atom. The minimum atomic E-state index is -0.554. The topological polar surface area (TPSA) is 92.1 Å². The predicted octanol–water partition coefficient (Wildman–Crippen LogP) is 2.04. The molecule has 1 aromatic heterocycles. The van der Waals surface area contributed by atoms with Crippen LogP contribution < -0.4 is 16.2 Å². The van der Waals surface area contributed by atoms with E-state index in [1.54, 1.807) is 22.8 Å². The van der Waals surface area contributed by atoms with E-state index in [0.29, 0.717) is 23.5 Å². The molecule has 7 heteroatoms. The molecule has 0 unspecified atom stereocenters. The van der Waals surface area contributed by atoms with Crippen molar-refractivity contribution in [2.75, 3.05) is 0 Å². The summed E-state index contributed by atoms with van der Waals surface area (Å²) in [5.41, 5.74) is 6.19. The van der Waals surface area contributed by atoms with Gasteiger partial charge in [0, 0.05) is 19.0 Å². The molecule has 25 heavy (non-hydrogen) atoms. The van der Waals surface area contributed by atoms with Gasteiger partial charge in [0.05, 0.1) is 17.4 Å². The second-order valence-corrected chi connectivity index (χ2v) is 6.48. The Morgan fingerprint density at radius 1 is 1.40 bits per heavy atom. The van der Waals surface area contributed by atoms with E-state index in [-0.39, 0.29) is 11.8 Å². The number of carbonyl (C=O) groups is 1. The van der Waals surface area contributed by atoms with Crippen molar-refractivity contribution < 1.29 is 9.53 Å². The number of fused-ring (bicyclic) bond motifs is 1. The van der Waals surface area contributed by atoms with Crippen LogP contribution in [0.5, 0.6) is 5.75 Å². The van der Waals surface area contributed by atoms with Gasteiger partial charge in [0.15, 0.2) is 0 Å². The Kier molecular flexibility index (Phi) is 4.92. The number of rotatable bonds is 6. The van der Waals surface area contributed by atoms with Gasteiger partial charge in [0.1, 0.15) is 11.6 Å². The number of ether oxygens (including phenoxy) is 1. The minimum Gasteiger partial charge on any atom is -0.490 e. The summed E-state index contributed by atoms with van der Waals surface area (Å²) in [5, 5.41) is 4.45. The summed E-state index contributed by atoms with van der Waals surface area (Å²) in [7, 11) is 0. The van der Waals surface area contributed by atoms with Crippen LogP contribution in [0.4, 0.5) is 0 Å². The van der Waals surface area contributed by atoms with E-state index in [2.05, 4.69) is 12.0 Å². The van der Waals surface area contributed by atoms with Gasteiger partial charge in [-0.1, -0.05) is 13.3 Å². The minimum absolute atomic E-state index is 0.0507. The van der Waals surface area contributed by atoms with E-state index in [9.17, 15) is 9.59 Å². The number of primary amides is 1. The molecule has 2 heterocycles. The fourth-order valence-electron chi connectivity index (χ4n) is 3.19. The van der Waals surface area contributed by atoms with Crippen molar-refractivity contribution >= 4 is 5.91 Å². The molecule has 1 atom stereocenters. The van der Waals surface area contributed by atoms with Gasteiger partial charge in [-0.15, -0.1) is 5.10 Å². The van der Waals surface area contributed by atoms with Crippen molar-refractivity contribution in [3.05, 3.63) is 40.1 Å². The average Bonchev–Trinajstić information content (AvgIpc) is 2.92. The average molecular weight is 344 g/mol. The maximum Gasteiger partial charge on any atom is 0.350 e. The Bertz CT molecular complexity index is 837. The summed E-state index contributed by atoms with van der Waals surface area (Å²) in [5.74, 6) is 0.641. The van der Waals surface area contributed by atoms with Crippen molar-refractivity contribution in [1.82, 2.24) is 14.3 Å². The van der Waals surface area contributed by atoms with Crippen molar-refractivity contribution in [3.63, 3.8) is 0 Å². The summed E-state index contributed by atoms with van der Waals surface area (Å²) in [4.78, 5) is 24.3. The molecule has 134 valence electrons. The number of amides is 1. The van der Waals surface area contributed by atoms with Crippen LogP contribution in [0.25, 0.3) is 5.69 Å². The number of aryl methyl sites for hydroxylation is 1. The highest BCUT2D eigenvalue weighted by atomic mass is 16.5. The molecule has 0 aliphatic carbocycles. The van der Waals surface area contributed by atoms with E-state index in [1.807, 2.05) is 6.92 Å². The highest BCUT2D eigenvalue weighted by molar-refractivity contribution is 5.95. The molecule has 0 fully saturated rings. The van der Waals surface area contributed by atoms with Crippen molar-refractivity contribution in [1.29, 1.82) is 0 Å². The van der Waals surface area contributed by atoms with Gasteiger partial charge in [-0.25, -0.2) is 4.79 Å². The second kappa shape index (κ2) is 7.13. The lowest BCUT2D eigenvalue weighted by molar-refractivity contribution is 0.0993. The van der Waals surface area contributed by atoms with Gasteiger partial charge in [0.2, 0.25) is 0 Å². The Morgan fingerprint density at radius 2 is 2.20 bits per heavy atom. The van der Waals surface area contributed by atoms with Crippen molar-refractivity contribution in [2.45, 2.75) is 58.6 Å². The van der Waals surface area contributed by atoms with Crippen LogP contribution >= 0.6 is 0 Å².